The quantitative estimate of drug-likeness (QED) is 0.786. The summed E-state index contributed by atoms with van der Waals surface area (Å²) in [6.45, 7) is 3.98. The van der Waals surface area contributed by atoms with E-state index in [-0.39, 0.29) is 5.78 Å². The Hall–Kier alpha value is -1.55. The van der Waals surface area contributed by atoms with Gasteiger partial charge >= 0.3 is 0 Å². The molecule has 0 aliphatic carbocycles. The lowest BCUT2D eigenvalue weighted by Gasteiger charge is -2.07. The van der Waals surface area contributed by atoms with Crippen molar-refractivity contribution in [2.24, 2.45) is 7.05 Å². The lowest BCUT2D eigenvalue weighted by Crippen LogP contribution is -2.10. The van der Waals surface area contributed by atoms with Crippen LogP contribution in [0.4, 0.5) is 0 Å². The summed E-state index contributed by atoms with van der Waals surface area (Å²) in [6.07, 6.45) is 1.87. The Labute approximate surface area is 105 Å². The molecule has 0 aliphatic heterocycles. The summed E-state index contributed by atoms with van der Waals surface area (Å²) in [5, 5.41) is 4.91. The lowest BCUT2D eigenvalue weighted by atomic mass is 10.3. The maximum atomic E-state index is 11.4. The molecule has 0 unspecified atom stereocenters. The SMILES string of the molecule is CC(=O)c1cccn1Cc1c(Cl)c(C)nn1C. The Bertz CT molecular complexity index is 568. The number of hydrogen-bond donors (Lipinski definition) is 0. The van der Waals surface area contributed by atoms with Crippen molar-refractivity contribution in [3.05, 3.63) is 40.4 Å². The molecule has 0 aliphatic rings. The van der Waals surface area contributed by atoms with Gasteiger partial charge < -0.3 is 4.57 Å². The molecule has 0 saturated heterocycles. The van der Waals surface area contributed by atoms with Gasteiger partial charge in [-0.3, -0.25) is 9.48 Å². The molecule has 5 heteroatoms. The number of rotatable bonds is 3. The minimum atomic E-state index is 0.0463. The highest BCUT2D eigenvalue weighted by Crippen LogP contribution is 2.21. The Morgan fingerprint density at radius 1 is 1.53 bits per heavy atom. The number of aryl methyl sites for hydroxylation is 2. The van der Waals surface area contributed by atoms with Crippen LogP contribution in [0.3, 0.4) is 0 Å². The Balaban J connectivity index is 2.38. The van der Waals surface area contributed by atoms with Gasteiger partial charge in [-0.25, -0.2) is 0 Å². The number of nitrogens with zero attached hydrogens (tertiary/aromatic N) is 3. The smallest absolute Gasteiger partial charge is 0.176 e. The average Bonchev–Trinajstić information content (AvgIpc) is 2.80. The summed E-state index contributed by atoms with van der Waals surface area (Å²) in [5.74, 6) is 0.0463. The number of aromatic nitrogens is 3. The van der Waals surface area contributed by atoms with E-state index in [2.05, 4.69) is 5.10 Å². The van der Waals surface area contributed by atoms with Gasteiger partial charge in [0.1, 0.15) is 0 Å². The van der Waals surface area contributed by atoms with E-state index in [9.17, 15) is 4.79 Å². The predicted molar refractivity (Wildman–Crippen MR) is 66.5 cm³/mol. The summed E-state index contributed by atoms with van der Waals surface area (Å²) >= 11 is 6.18. The molecule has 0 radical (unpaired) electrons. The fraction of sp³-hybridized carbons (Fsp3) is 0.333. The van der Waals surface area contributed by atoms with E-state index in [4.69, 9.17) is 11.6 Å². The monoisotopic (exact) mass is 251 g/mol. The summed E-state index contributed by atoms with van der Waals surface area (Å²) in [4.78, 5) is 11.4. The summed E-state index contributed by atoms with van der Waals surface area (Å²) in [6, 6.07) is 3.66. The molecular weight excluding hydrogens is 238 g/mol. The van der Waals surface area contributed by atoms with Crippen molar-refractivity contribution in [2.45, 2.75) is 20.4 Å². The van der Waals surface area contributed by atoms with Gasteiger partial charge in [0.05, 0.1) is 28.6 Å². The standard InChI is InChI=1S/C12H14ClN3O/c1-8-12(13)11(15(3)14-8)7-16-6-4-5-10(16)9(2)17/h4-6H,7H2,1-3H3. The van der Waals surface area contributed by atoms with E-state index in [0.29, 0.717) is 17.3 Å². The Morgan fingerprint density at radius 3 is 2.76 bits per heavy atom. The largest absolute Gasteiger partial charge is 0.339 e. The lowest BCUT2D eigenvalue weighted by molar-refractivity contribution is 0.100. The van der Waals surface area contributed by atoms with E-state index in [1.165, 1.54) is 0 Å². The van der Waals surface area contributed by atoms with Crippen molar-refractivity contribution < 1.29 is 4.79 Å². The van der Waals surface area contributed by atoms with Crippen molar-refractivity contribution in [1.82, 2.24) is 14.3 Å². The molecule has 2 aromatic rings. The molecule has 0 saturated carbocycles. The van der Waals surface area contributed by atoms with Crippen LogP contribution in [0, 0.1) is 6.92 Å². The van der Waals surface area contributed by atoms with Crippen LogP contribution in [-0.4, -0.2) is 20.1 Å². The van der Waals surface area contributed by atoms with Crippen molar-refractivity contribution >= 4 is 17.4 Å². The number of carbonyl (C=O) groups excluding carboxylic acids is 1. The van der Waals surface area contributed by atoms with Crippen LogP contribution in [0.25, 0.3) is 0 Å². The average molecular weight is 252 g/mol. The van der Waals surface area contributed by atoms with E-state index >= 15 is 0 Å². The first-order valence-corrected chi connectivity index (χ1v) is 5.72. The molecule has 2 aromatic heterocycles. The molecular formula is C12H14ClN3O. The number of ketones is 1. The van der Waals surface area contributed by atoms with Gasteiger partial charge in [-0.15, -0.1) is 0 Å². The van der Waals surface area contributed by atoms with Gasteiger partial charge in [0.25, 0.3) is 0 Å². The molecule has 0 bridgehead atoms. The Morgan fingerprint density at radius 2 is 2.24 bits per heavy atom. The first-order chi connectivity index (χ1) is 8.00. The number of halogens is 1. The molecule has 0 aromatic carbocycles. The summed E-state index contributed by atoms with van der Waals surface area (Å²) < 4.78 is 3.63. The number of carbonyl (C=O) groups is 1. The molecule has 17 heavy (non-hydrogen) atoms. The van der Waals surface area contributed by atoms with Gasteiger partial charge in [0, 0.05) is 20.2 Å². The minimum Gasteiger partial charge on any atom is -0.339 e. The van der Waals surface area contributed by atoms with E-state index in [1.807, 2.05) is 30.8 Å². The summed E-state index contributed by atoms with van der Waals surface area (Å²) in [7, 11) is 1.85. The molecule has 2 heterocycles. The van der Waals surface area contributed by atoms with Crippen LogP contribution >= 0.6 is 11.6 Å². The first kappa shape index (κ1) is 11.9. The zero-order valence-electron chi connectivity index (χ0n) is 10.1. The van der Waals surface area contributed by atoms with Crippen molar-refractivity contribution in [2.75, 3.05) is 0 Å². The maximum absolute atomic E-state index is 11.4. The second kappa shape index (κ2) is 4.37. The highest BCUT2D eigenvalue weighted by atomic mass is 35.5. The van der Waals surface area contributed by atoms with Crippen LogP contribution < -0.4 is 0 Å². The third-order valence-corrected chi connectivity index (χ3v) is 3.26. The highest BCUT2D eigenvalue weighted by Gasteiger charge is 2.13. The molecule has 0 atom stereocenters. The van der Waals surface area contributed by atoms with Gasteiger partial charge in [-0.2, -0.15) is 5.10 Å². The second-order valence-corrected chi connectivity index (χ2v) is 4.43. The normalized spacial score (nSPS) is 10.8. The van der Waals surface area contributed by atoms with E-state index in [1.54, 1.807) is 17.7 Å². The van der Waals surface area contributed by atoms with Gasteiger partial charge in [0.2, 0.25) is 0 Å². The predicted octanol–water partition coefficient (Wildman–Crippen LogP) is 2.43. The second-order valence-electron chi connectivity index (χ2n) is 4.05. The third kappa shape index (κ3) is 2.13. The van der Waals surface area contributed by atoms with Crippen molar-refractivity contribution in [3.8, 4) is 0 Å². The molecule has 0 fully saturated rings. The zero-order chi connectivity index (χ0) is 12.6. The molecule has 0 spiro atoms. The molecule has 0 amide bonds. The van der Waals surface area contributed by atoms with Gasteiger partial charge in [-0.05, 0) is 19.1 Å². The first-order valence-electron chi connectivity index (χ1n) is 5.34. The fourth-order valence-electron chi connectivity index (χ4n) is 1.88. The molecule has 4 nitrogen and oxygen atoms in total. The molecule has 90 valence electrons. The van der Waals surface area contributed by atoms with Crippen LogP contribution in [0.1, 0.15) is 28.8 Å². The van der Waals surface area contributed by atoms with E-state index in [0.717, 1.165) is 11.4 Å². The van der Waals surface area contributed by atoms with Gasteiger partial charge in [-0.1, -0.05) is 11.6 Å². The topological polar surface area (TPSA) is 39.8 Å². The van der Waals surface area contributed by atoms with Crippen molar-refractivity contribution in [3.63, 3.8) is 0 Å². The van der Waals surface area contributed by atoms with E-state index < -0.39 is 0 Å². The highest BCUT2D eigenvalue weighted by molar-refractivity contribution is 6.31. The van der Waals surface area contributed by atoms with Crippen LogP contribution in [-0.2, 0) is 13.6 Å². The zero-order valence-corrected chi connectivity index (χ0v) is 10.8. The number of hydrogen-bond acceptors (Lipinski definition) is 2. The number of Topliss-reactive ketones (excluding diaryl/α,β-unsaturated/α-hetero) is 1. The van der Waals surface area contributed by atoms with Crippen LogP contribution in [0.2, 0.25) is 5.02 Å². The van der Waals surface area contributed by atoms with Crippen molar-refractivity contribution in [1.29, 1.82) is 0 Å². The van der Waals surface area contributed by atoms with Crippen LogP contribution in [0.15, 0.2) is 18.3 Å². The van der Waals surface area contributed by atoms with Gasteiger partial charge in [0.15, 0.2) is 5.78 Å². The Kier molecular flexibility index (Phi) is 3.07. The maximum Gasteiger partial charge on any atom is 0.176 e. The minimum absolute atomic E-state index is 0.0463. The molecule has 0 N–H and O–H groups in total. The fourth-order valence-corrected chi connectivity index (χ4v) is 2.10. The summed E-state index contributed by atoms with van der Waals surface area (Å²) in [5.41, 5.74) is 2.39. The third-order valence-electron chi connectivity index (χ3n) is 2.77. The molecule has 2 rings (SSSR count). The van der Waals surface area contributed by atoms with Crippen LogP contribution in [0.5, 0.6) is 0 Å².